The Bertz CT molecular complexity index is 151. The topological polar surface area (TPSA) is 26.3 Å². The fourth-order valence-electron chi connectivity index (χ4n) is 1.57. The van der Waals surface area contributed by atoms with Crippen LogP contribution in [0.4, 0.5) is 0 Å². The molecule has 2 heteroatoms. The molecule has 0 saturated heterocycles. The molecule has 0 saturated carbocycles. The predicted octanol–water partition coefficient (Wildman–Crippen LogP) is 3.55. The SMILES string of the molecule is CCCC(=O)OCC(CC)(CC)CC. The van der Waals surface area contributed by atoms with Crippen molar-refractivity contribution in [1.82, 2.24) is 0 Å². The maximum atomic E-state index is 11.2. The smallest absolute Gasteiger partial charge is 0.305 e. The molecular formula is C12H24O2. The fraction of sp³-hybridized carbons (Fsp3) is 0.917. The molecule has 0 heterocycles. The molecule has 0 aliphatic carbocycles. The lowest BCUT2D eigenvalue weighted by Crippen LogP contribution is -2.26. The first-order chi connectivity index (χ1) is 6.64. The Morgan fingerprint density at radius 2 is 1.57 bits per heavy atom. The highest BCUT2D eigenvalue weighted by molar-refractivity contribution is 5.69. The van der Waals surface area contributed by atoms with Gasteiger partial charge in [-0.2, -0.15) is 0 Å². The molecule has 0 atom stereocenters. The van der Waals surface area contributed by atoms with Crippen molar-refractivity contribution in [3.05, 3.63) is 0 Å². The summed E-state index contributed by atoms with van der Waals surface area (Å²) in [6.45, 7) is 9.09. The molecule has 0 aliphatic rings. The van der Waals surface area contributed by atoms with Crippen LogP contribution in [-0.2, 0) is 9.53 Å². The second kappa shape index (κ2) is 6.86. The van der Waals surface area contributed by atoms with Gasteiger partial charge in [0.15, 0.2) is 0 Å². The van der Waals surface area contributed by atoms with E-state index < -0.39 is 0 Å². The van der Waals surface area contributed by atoms with Crippen molar-refractivity contribution >= 4 is 5.97 Å². The van der Waals surface area contributed by atoms with E-state index >= 15 is 0 Å². The minimum Gasteiger partial charge on any atom is -0.465 e. The maximum absolute atomic E-state index is 11.2. The van der Waals surface area contributed by atoms with Crippen LogP contribution in [0.25, 0.3) is 0 Å². The van der Waals surface area contributed by atoms with E-state index in [-0.39, 0.29) is 11.4 Å². The normalized spacial score (nSPS) is 11.4. The van der Waals surface area contributed by atoms with E-state index in [1.807, 2.05) is 6.92 Å². The van der Waals surface area contributed by atoms with E-state index in [9.17, 15) is 4.79 Å². The molecule has 0 rings (SSSR count). The van der Waals surface area contributed by atoms with Gasteiger partial charge < -0.3 is 4.74 Å². The van der Waals surface area contributed by atoms with Crippen molar-refractivity contribution in [3.8, 4) is 0 Å². The van der Waals surface area contributed by atoms with Gasteiger partial charge in [0, 0.05) is 11.8 Å². The van der Waals surface area contributed by atoms with Crippen molar-refractivity contribution in [2.24, 2.45) is 5.41 Å². The lowest BCUT2D eigenvalue weighted by molar-refractivity contribution is -0.147. The van der Waals surface area contributed by atoms with E-state index in [1.165, 1.54) is 0 Å². The van der Waals surface area contributed by atoms with E-state index in [0.717, 1.165) is 25.7 Å². The highest BCUT2D eigenvalue weighted by Crippen LogP contribution is 2.30. The quantitative estimate of drug-likeness (QED) is 0.587. The van der Waals surface area contributed by atoms with Crippen LogP contribution in [0.3, 0.4) is 0 Å². The van der Waals surface area contributed by atoms with Gasteiger partial charge in [-0.15, -0.1) is 0 Å². The van der Waals surface area contributed by atoms with Crippen LogP contribution in [0.1, 0.15) is 59.8 Å². The van der Waals surface area contributed by atoms with Crippen molar-refractivity contribution in [2.75, 3.05) is 6.61 Å². The fourth-order valence-corrected chi connectivity index (χ4v) is 1.57. The van der Waals surface area contributed by atoms with E-state index in [4.69, 9.17) is 4.74 Å². The zero-order valence-corrected chi connectivity index (χ0v) is 10.1. The predicted molar refractivity (Wildman–Crippen MR) is 59.2 cm³/mol. The van der Waals surface area contributed by atoms with Crippen molar-refractivity contribution in [2.45, 2.75) is 59.8 Å². The Hall–Kier alpha value is -0.530. The molecule has 0 aromatic heterocycles. The van der Waals surface area contributed by atoms with E-state index in [2.05, 4.69) is 20.8 Å². The standard InChI is InChI=1S/C12H24O2/c1-5-9-11(13)14-10-12(6-2,7-3)8-4/h5-10H2,1-4H3. The van der Waals surface area contributed by atoms with Crippen LogP contribution >= 0.6 is 0 Å². The third-order valence-corrected chi connectivity index (χ3v) is 3.24. The molecule has 0 N–H and O–H groups in total. The van der Waals surface area contributed by atoms with Crippen LogP contribution in [-0.4, -0.2) is 12.6 Å². The van der Waals surface area contributed by atoms with Gasteiger partial charge in [0.1, 0.15) is 0 Å². The highest BCUT2D eigenvalue weighted by atomic mass is 16.5. The molecule has 0 aromatic rings. The first kappa shape index (κ1) is 13.5. The van der Waals surface area contributed by atoms with Crippen LogP contribution in [0.15, 0.2) is 0 Å². The molecule has 0 radical (unpaired) electrons. The summed E-state index contributed by atoms with van der Waals surface area (Å²) < 4.78 is 5.28. The third-order valence-electron chi connectivity index (χ3n) is 3.24. The van der Waals surface area contributed by atoms with Gasteiger partial charge in [-0.05, 0) is 25.7 Å². The van der Waals surface area contributed by atoms with Crippen molar-refractivity contribution < 1.29 is 9.53 Å². The molecule has 84 valence electrons. The number of hydrogen-bond acceptors (Lipinski definition) is 2. The number of carbonyl (C=O) groups excluding carboxylic acids is 1. The van der Waals surface area contributed by atoms with Crippen molar-refractivity contribution in [3.63, 3.8) is 0 Å². The molecule has 0 aliphatic heterocycles. The molecule has 0 aromatic carbocycles. The second-order valence-electron chi connectivity index (χ2n) is 3.97. The molecule has 0 unspecified atom stereocenters. The first-order valence-electron chi connectivity index (χ1n) is 5.79. The van der Waals surface area contributed by atoms with E-state index in [0.29, 0.717) is 13.0 Å². The summed E-state index contributed by atoms with van der Waals surface area (Å²) >= 11 is 0. The Labute approximate surface area is 88.0 Å². The number of ether oxygens (including phenoxy) is 1. The van der Waals surface area contributed by atoms with Gasteiger partial charge in [-0.1, -0.05) is 27.7 Å². The molecule has 0 spiro atoms. The van der Waals surface area contributed by atoms with Gasteiger partial charge in [0.05, 0.1) is 6.61 Å². The molecular weight excluding hydrogens is 176 g/mol. The lowest BCUT2D eigenvalue weighted by atomic mass is 9.81. The number of carbonyl (C=O) groups is 1. The summed E-state index contributed by atoms with van der Waals surface area (Å²) in [5.41, 5.74) is 0.212. The van der Waals surface area contributed by atoms with Gasteiger partial charge in [0.2, 0.25) is 0 Å². The molecule has 14 heavy (non-hydrogen) atoms. The average molecular weight is 200 g/mol. The summed E-state index contributed by atoms with van der Waals surface area (Å²) in [5, 5.41) is 0. The monoisotopic (exact) mass is 200 g/mol. The molecule has 0 bridgehead atoms. The van der Waals surface area contributed by atoms with Crippen molar-refractivity contribution in [1.29, 1.82) is 0 Å². The molecule has 0 fully saturated rings. The number of hydrogen-bond donors (Lipinski definition) is 0. The van der Waals surface area contributed by atoms with E-state index in [1.54, 1.807) is 0 Å². The zero-order chi connectivity index (χ0) is 11.0. The summed E-state index contributed by atoms with van der Waals surface area (Å²) in [5.74, 6) is -0.0489. The summed E-state index contributed by atoms with van der Waals surface area (Å²) in [6, 6.07) is 0. The number of esters is 1. The van der Waals surface area contributed by atoms with Gasteiger partial charge in [-0.3, -0.25) is 4.79 Å². The summed E-state index contributed by atoms with van der Waals surface area (Å²) in [7, 11) is 0. The Balaban J connectivity index is 3.99. The summed E-state index contributed by atoms with van der Waals surface area (Å²) in [4.78, 5) is 11.2. The third kappa shape index (κ3) is 4.12. The lowest BCUT2D eigenvalue weighted by Gasteiger charge is -2.29. The Kier molecular flexibility index (Phi) is 6.60. The van der Waals surface area contributed by atoms with Crippen LogP contribution < -0.4 is 0 Å². The molecule has 0 amide bonds. The zero-order valence-electron chi connectivity index (χ0n) is 10.1. The van der Waals surface area contributed by atoms with Crippen LogP contribution in [0.2, 0.25) is 0 Å². The minimum absolute atomic E-state index is 0.0489. The Morgan fingerprint density at radius 3 is 1.93 bits per heavy atom. The molecule has 2 nitrogen and oxygen atoms in total. The van der Waals surface area contributed by atoms with Gasteiger partial charge in [-0.25, -0.2) is 0 Å². The van der Waals surface area contributed by atoms with Crippen LogP contribution in [0, 0.1) is 5.41 Å². The minimum atomic E-state index is -0.0489. The summed E-state index contributed by atoms with van der Waals surface area (Å²) in [6.07, 6.45) is 4.67. The maximum Gasteiger partial charge on any atom is 0.305 e. The highest BCUT2D eigenvalue weighted by Gasteiger charge is 2.25. The van der Waals surface area contributed by atoms with Gasteiger partial charge >= 0.3 is 5.97 Å². The average Bonchev–Trinajstić information content (AvgIpc) is 2.21. The second-order valence-corrected chi connectivity index (χ2v) is 3.97. The largest absolute Gasteiger partial charge is 0.465 e. The van der Waals surface area contributed by atoms with Gasteiger partial charge in [0.25, 0.3) is 0 Å². The number of rotatable bonds is 7. The Morgan fingerprint density at radius 1 is 1.07 bits per heavy atom. The van der Waals surface area contributed by atoms with Crippen LogP contribution in [0.5, 0.6) is 0 Å². The first-order valence-corrected chi connectivity index (χ1v) is 5.79.